The Kier molecular flexibility index (Phi) is 12.2. The van der Waals surface area contributed by atoms with Gasteiger partial charge in [0.05, 0.1) is 30.4 Å². The zero-order chi connectivity index (χ0) is 34.0. The van der Waals surface area contributed by atoms with E-state index in [9.17, 15) is 19.2 Å². The number of aromatic nitrogens is 2. The molecule has 5 rings (SSSR count). The number of hydrogen-bond acceptors (Lipinski definition) is 8. The van der Waals surface area contributed by atoms with Crippen LogP contribution in [0.4, 0.5) is 0 Å². The molecule has 2 aliphatic heterocycles. The molecule has 2 aromatic heterocycles. The van der Waals surface area contributed by atoms with Gasteiger partial charge in [-0.3, -0.25) is 19.2 Å². The van der Waals surface area contributed by atoms with E-state index < -0.39 is 5.41 Å². The van der Waals surface area contributed by atoms with E-state index >= 15 is 0 Å². The van der Waals surface area contributed by atoms with Crippen molar-refractivity contribution < 1.29 is 33.4 Å². The monoisotopic (exact) mass is 649 g/mol. The predicted octanol–water partition coefficient (Wildman–Crippen LogP) is 3.73. The molecule has 2 aliphatic rings. The van der Waals surface area contributed by atoms with Crippen molar-refractivity contribution in [2.45, 2.75) is 59.8 Å². The van der Waals surface area contributed by atoms with Crippen molar-refractivity contribution in [3.05, 3.63) is 59.5 Å². The van der Waals surface area contributed by atoms with Crippen molar-refractivity contribution in [1.82, 2.24) is 24.9 Å². The van der Waals surface area contributed by atoms with Crippen LogP contribution in [0.1, 0.15) is 68.1 Å². The van der Waals surface area contributed by atoms with Crippen molar-refractivity contribution in [3.63, 3.8) is 0 Å². The van der Waals surface area contributed by atoms with Crippen LogP contribution in [0, 0.1) is 18.3 Å². The fraction of sp³-hybridized carbons (Fsp3) is 0.514. The molecular weight excluding hydrogens is 602 g/mol. The van der Waals surface area contributed by atoms with Crippen LogP contribution in [0.5, 0.6) is 11.5 Å². The number of carbonyl (C=O) groups excluding carboxylic acids is 4. The van der Waals surface area contributed by atoms with Gasteiger partial charge < -0.3 is 34.1 Å². The van der Waals surface area contributed by atoms with Crippen LogP contribution in [-0.2, 0) is 25.5 Å². The summed E-state index contributed by atoms with van der Waals surface area (Å²) in [6, 6.07) is 8.85. The Labute approximate surface area is 276 Å². The normalized spacial score (nSPS) is 18.5. The number of pyridine rings is 1. The van der Waals surface area contributed by atoms with Gasteiger partial charge in [0.1, 0.15) is 5.65 Å². The molecule has 0 aliphatic carbocycles. The molecule has 0 radical (unpaired) electrons. The topological polar surface area (TPSA) is 141 Å². The second-order valence-electron chi connectivity index (χ2n) is 12.4. The van der Waals surface area contributed by atoms with Crippen molar-refractivity contribution in [1.29, 1.82) is 0 Å². The highest BCUT2D eigenvalue weighted by molar-refractivity contribution is 6.00. The fourth-order valence-corrected chi connectivity index (χ4v) is 5.77. The lowest BCUT2D eigenvalue weighted by molar-refractivity contribution is -0.156. The molecular formula is C35H47N5O7. The maximum Gasteiger partial charge on any atom is 0.314 e. The van der Waals surface area contributed by atoms with E-state index in [0.717, 1.165) is 17.7 Å². The van der Waals surface area contributed by atoms with Gasteiger partial charge in [-0.15, -0.1) is 0 Å². The first-order valence-corrected chi connectivity index (χ1v) is 16.3. The van der Waals surface area contributed by atoms with Crippen molar-refractivity contribution in [2.24, 2.45) is 11.3 Å². The van der Waals surface area contributed by atoms with Crippen LogP contribution >= 0.6 is 0 Å². The summed E-state index contributed by atoms with van der Waals surface area (Å²) in [4.78, 5) is 59.6. The SMILES string of the molecule is CCOC(=O)C1(CCC(C)C)CNC(=O)CCCN(C(=O)c2cccn3cc(C)nc23)CCNC(=O)COc2ccc(cc2OC)C1. The zero-order valence-electron chi connectivity index (χ0n) is 28.1. The minimum absolute atomic E-state index is 0.0975. The second kappa shape index (κ2) is 16.3. The molecule has 4 heterocycles. The van der Waals surface area contributed by atoms with Crippen LogP contribution < -0.4 is 20.1 Å². The van der Waals surface area contributed by atoms with Crippen molar-refractivity contribution in [3.8, 4) is 11.5 Å². The van der Waals surface area contributed by atoms with Gasteiger partial charge in [-0.05, 0) is 75.3 Å². The fourth-order valence-electron chi connectivity index (χ4n) is 5.77. The van der Waals surface area contributed by atoms with Crippen molar-refractivity contribution in [2.75, 3.05) is 46.5 Å². The lowest BCUT2D eigenvalue weighted by Crippen LogP contribution is -2.46. The molecule has 1 unspecified atom stereocenters. The largest absolute Gasteiger partial charge is 0.493 e. The first kappa shape index (κ1) is 35.2. The highest BCUT2D eigenvalue weighted by atomic mass is 16.5. The summed E-state index contributed by atoms with van der Waals surface area (Å²) >= 11 is 0. The van der Waals surface area contributed by atoms with Gasteiger partial charge in [0, 0.05) is 45.0 Å². The van der Waals surface area contributed by atoms with Crippen LogP contribution in [0.2, 0.25) is 0 Å². The third-order valence-electron chi connectivity index (χ3n) is 8.32. The summed E-state index contributed by atoms with van der Waals surface area (Å²) < 4.78 is 18.8. The maximum absolute atomic E-state index is 13.8. The maximum atomic E-state index is 13.8. The zero-order valence-corrected chi connectivity index (χ0v) is 28.1. The smallest absolute Gasteiger partial charge is 0.314 e. The Morgan fingerprint density at radius 1 is 1.13 bits per heavy atom. The number of ether oxygens (including phenoxy) is 3. The van der Waals surface area contributed by atoms with Crippen LogP contribution in [0.15, 0.2) is 42.7 Å². The van der Waals surface area contributed by atoms with E-state index in [0.29, 0.717) is 47.9 Å². The van der Waals surface area contributed by atoms with Gasteiger partial charge in [-0.2, -0.15) is 0 Å². The highest BCUT2D eigenvalue weighted by Gasteiger charge is 2.40. The number of methoxy groups -OCH3 is 1. The number of esters is 1. The van der Waals surface area contributed by atoms with E-state index in [1.807, 2.05) is 25.4 Å². The molecule has 12 nitrogen and oxygen atoms in total. The standard InChI is InChI=1S/C35H47N5O7/c1-6-46-34(44)35(14-13-24(2)3)20-26-11-12-28(29(19-26)45-5)47-22-31(42)36-15-18-39(16-8-10-30(41)37-23-35)33(43)27-9-7-17-40-21-25(4)38-32(27)40/h7,9,11-12,17,19,21,24H,6,8,10,13-16,18,20,22-23H2,1-5H3,(H,36,42)(H,37,41). The Bertz CT molecular complexity index is 1570. The van der Waals surface area contributed by atoms with Crippen molar-refractivity contribution >= 4 is 29.3 Å². The summed E-state index contributed by atoms with van der Waals surface area (Å²) in [6.45, 7) is 8.54. The van der Waals surface area contributed by atoms with Gasteiger partial charge in [0.25, 0.3) is 11.8 Å². The average molecular weight is 650 g/mol. The minimum Gasteiger partial charge on any atom is -0.493 e. The molecule has 0 saturated heterocycles. The van der Waals surface area contributed by atoms with Gasteiger partial charge in [0.2, 0.25) is 5.91 Å². The lowest BCUT2D eigenvalue weighted by Gasteiger charge is -2.33. The van der Waals surface area contributed by atoms with Gasteiger partial charge >= 0.3 is 5.97 Å². The predicted molar refractivity (Wildman–Crippen MR) is 176 cm³/mol. The summed E-state index contributed by atoms with van der Waals surface area (Å²) in [5.41, 5.74) is 1.53. The number of nitrogens with zero attached hydrogens (tertiary/aromatic N) is 3. The number of carbonyl (C=O) groups is 4. The first-order valence-electron chi connectivity index (χ1n) is 16.3. The average Bonchev–Trinajstić information content (AvgIpc) is 3.44. The lowest BCUT2D eigenvalue weighted by atomic mass is 9.76. The molecule has 47 heavy (non-hydrogen) atoms. The Hall–Kier alpha value is -4.61. The number of rotatable bonds is 7. The van der Waals surface area contributed by atoms with E-state index in [1.54, 1.807) is 40.5 Å². The van der Waals surface area contributed by atoms with E-state index in [2.05, 4.69) is 29.5 Å². The summed E-state index contributed by atoms with van der Waals surface area (Å²) in [5.74, 6) is -0.0947. The molecule has 2 N–H and O–H groups in total. The van der Waals surface area contributed by atoms with Crippen LogP contribution in [-0.4, -0.2) is 84.5 Å². The van der Waals surface area contributed by atoms with Crippen LogP contribution in [0.3, 0.4) is 0 Å². The Morgan fingerprint density at radius 3 is 2.68 bits per heavy atom. The minimum atomic E-state index is -1.02. The third-order valence-corrected chi connectivity index (χ3v) is 8.32. The summed E-state index contributed by atoms with van der Waals surface area (Å²) in [5, 5.41) is 5.83. The number of aryl methyl sites for hydroxylation is 1. The number of imidazole rings is 1. The highest BCUT2D eigenvalue weighted by Crippen LogP contribution is 2.35. The van der Waals surface area contributed by atoms with Crippen LogP contribution in [0.25, 0.3) is 5.65 Å². The molecule has 1 aromatic carbocycles. The molecule has 0 saturated carbocycles. The number of amides is 3. The first-order chi connectivity index (χ1) is 22.5. The van der Waals surface area contributed by atoms with E-state index in [-0.39, 0.29) is 69.5 Å². The summed E-state index contributed by atoms with van der Waals surface area (Å²) in [7, 11) is 1.51. The second-order valence-corrected chi connectivity index (χ2v) is 12.4. The molecule has 0 fully saturated rings. The van der Waals surface area contributed by atoms with E-state index in [1.165, 1.54) is 7.11 Å². The van der Waals surface area contributed by atoms with Gasteiger partial charge in [-0.25, -0.2) is 4.98 Å². The molecule has 0 spiro atoms. The summed E-state index contributed by atoms with van der Waals surface area (Å²) in [6.07, 6.45) is 5.75. The number of nitrogens with one attached hydrogen (secondary N) is 2. The molecule has 12 heteroatoms. The molecule has 3 amide bonds. The Morgan fingerprint density at radius 2 is 1.94 bits per heavy atom. The van der Waals surface area contributed by atoms with Gasteiger partial charge in [0.15, 0.2) is 18.1 Å². The quantitative estimate of drug-likeness (QED) is 0.292. The molecule has 1 atom stereocenters. The number of benzene rings is 1. The van der Waals surface area contributed by atoms with E-state index in [4.69, 9.17) is 14.2 Å². The Balaban J connectivity index is 1.63. The number of fused-ring (bicyclic) bond motifs is 17. The molecule has 3 aromatic rings. The molecule has 2 bridgehead atoms. The van der Waals surface area contributed by atoms with Gasteiger partial charge in [-0.1, -0.05) is 19.9 Å². The number of hydrogen-bond donors (Lipinski definition) is 2. The third kappa shape index (κ3) is 9.24. The molecule has 254 valence electrons.